The highest BCUT2D eigenvalue weighted by atomic mass is 19.4. The largest absolute Gasteiger partial charge is 0.411 e. The van der Waals surface area contributed by atoms with Gasteiger partial charge in [-0.05, 0) is 6.42 Å². The van der Waals surface area contributed by atoms with Crippen LogP contribution in [0.15, 0.2) is 11.3 Å². The van der Waals surface area contributed by atoms with Crippen LogP contribution >= 0.6 is 0 Å². The second-order valence-electron chi connectivity index (χ2n) is 4.17. The Morgan fingerprint density at radius 3 is 2.76 bits per heavy atom. The van der Waals surface area contributed by atoms with Crippen LogP contribution in [-0.2, 0) is 18.3 Å². The molecule has 0 saturated heterocycles. The number of hydrogen-bond donors (Lipinski definition) is 2. The molecule has 0 fully saturated rings. The summed E-state index contributed by atoms with van der Waals surface area (Å²) in [5.41, 5.74) is 0. The van der Waals surface area contributed by atoms with Crippen molar-refractivity contribution < 1.29 is 17.9 Å². The molecule has 0 atom stereocenters. The van der Waals surface area contributed by atoms with E-state index in [1.54, 1.807) is 18.8 Å². The number of aromatic nitrogens is 3. The van der Waals surface area contributed by atoms with Gasteiger partial charge >= 0.3 is 6.18 Å². The molecule has 2 N–H and O–H groups in total. The lowest BCUT2D eigenvalue weighted by Crippen LogP contribution is -2.38. The first-order chi connectivity index (χ1) is 9.92. The van der Waals surface area contributed by atoms with Crippen molar-refractivity contribution in [2.45, 2.75) is 19.1 Å². The maximum Gasteiger partial charge on any atom is 0.411 e. The van der Waals surface area contributed by atoms with Crippen molar-refractivity contribution in [1.82, 2.24) is 25.4 Å². The number of rotatable bonds is 7. The van der Waals surface area contributed by atoms with Crippen LogP contribution < -0.4 is 10.6 Å². The van der Waals surface area contributed by atoms with Crippen LogP contribution in [0.4, 0.5) is 13.2 Å². The fourth-order valence-electron chi connectivity index (χ4n) is 1.43. The molecule has 0 aliphatic rings. The molecule has 0 aliphatic heterocycles. The molecule has 0 amide bonds. The molecule has 0 saturated carbocycles. The van der Waals surface area contributed by atoms with Gasteiger partial charge in [0.2, 0.25) is 0 Å². The molecule has 0 spiro atoms. The Hall–Kier alpha value is -1.84. The lowest BCUT2D eigenvalue weighted by molar-refractivity contribution is -0.173. The number of alkyl halides is 3. The van der Waals surface area contributed by atoms with Crippen molar-refractivity contribution in [2.24, 2.45) is 12.0 Å². The van der Waals surface area contributed by atoms with Gasteiger partial charge in [0.25, 0.3) is 0 Å². The third kappa shape index (κ3) is 7.49. The monoisotopic (exact) mass is 308 g/mol. The molecule has 1 aromatic rings. The summed E-state index contributed by atoms with van der Waals surface area (Å²) in [4.78, 5) is 8.04. The Morgan fingerprint density at radius 1 is 1.43 bits per heavy atom. The molecule has 0 unspecified atom stereocenters. The fraction of sp³-hybridized carbons (Fsp3) is 0.727. The minimum absolute atomic E-state index is 0.0345. The predicted molar refractivity (Wildman–Crippen MR) is 70.7 cm³/mol. The van der Waals surface area contributed by atoms with Gasteiger partial charge in [0.15, 0.2) is 5.96 Å². The molecule has 0 radical (unpaired) electrons. The Kier molecular flexibility index (Phi) is 6.92. The predicted octanol–water partition coefficient (Wildman–Crippen LogP) is 0.449. The highest BCUT2D eigenvalue weighted by Crippen LogP contribution is 2.14. The van der Waals surface area contributed by atoms with Crippen molar-refractivity contribution in [2.75, 3.05) is 26.8 Å². The summed E-state index contributed by atoms with van der Waals surface area (Å²) in [7, 11) is 3.38. The van der Waals surface area contributed by atoms with Gasteiger partial charge in [-0.1, -0.05) is 0 Å². The van der Waals surface area contributed by atoms with Crippen molar-refractivity contribution in [3.63, 3.8) is 0 Å². The summed E-state index contributed by atoms with van der Waals surface area (Å²) in [6.45, 7) is -0.282. The number of aliphatic imine (C=N–C) groups is 1. The third-order valence-corrected chi connectivity index (χ3v) is 2.47. The van der Waals surface area contributed by atoms with E-state index >= 15 is 0 Å². The van der Waals surface area contributed by atoms with Gasteiger partial charge in [-0.3, -0.25) is 9.67 Å². The molecule has 0 bridgehead atoms. The Balaban J connectivity index is 2.13. The summed E-state index contributed by atoms with van der Waals surface area (Å²) in [6, 6.07) is 0. The van der Waals surface area contributed by atoms with E-state index < -0.39 is 12.8 Å². The van der Waals surface area contributed by atoms with E-state index in [0.29, 0.717) is 25.5 Å². The third-order valence-electron chi connectivity index (χ3n) is 2.47. The van der Waals surface area contributed by atoms with E-state index in [2.05, 4.69) is 30.4 Å². The number of aryl methyl sites for hydroxylation is 1. The number of hydrogen-bond acceptors (Lipinski definition) is 4. The van der Waals surface area contributed by atoms with Crippen LogP contribution in [0, 0.1) is 0 Å². The SMILES string of the molecule is CN=C(NCCCOCC(F)(F)F)NCc1ncnn1C. The highest BCUT2D eigenvalue weighted by molar-refractivity contribution is 5.79. The number of ether oxygens (including phenoxy) is 1. The van der Waals surface area contributed by atoms with Crippen molar-refractivity contribution in [3.8, 4) is 0 Å². The first-order valence-corrected chi connectivity index (χ1v) is 6.34. The van der Waals surface area contributed by atoms with Crippen LogP contribution in [0.3, 0.4) is 0 Å². The van der Waals surface area contributed by atoms with E-state index in [9.17, 15) is 13.2 Å². The fourth-order valence-corrected chi connectivity index (χ4v) is 1.43. The van der Waals surface area contributed by atoms with Gasteiger partial charge in [-0.15, -0.1) is 0 Å². The number of nitrogens with zero attached hydrogens (tertiary/aromatic N) is 4. The number of nitrogens with one attached hydrogen (secondary N) is 2. The van der Waals surface area contributed by atoms with Crippen molar-refractivity contribution in [3.05, 3.63) is 12.2 Å². The first-order valence-electron chi connectivity index (χ1n) is 6.34. The zero-order valence-corrected chi connectivity index (χ0v) is 11.9. The van der Waals surface area contributed by atoms with Gasteiger partial charge in [0.1, 0.15) is 18.8 Å². The van der Waals surface area contributed by atoms with E-state index in [0.717, 1.165) is 5.82 Å². The lowest BCUT2D eigenvalue weighted by Gasteiger charge is -2.12. The summed E-state index contributed by atoms with van der Waals surface area (Å²) in [5.74, 6) is 1.28. The average Bonchev–Trinajstić information content (AvgIpc) is 2.81. The van der Waals surface area contributed by atoms with Crippen LogP contribution in [0.5, 0.6) is 0 Å². The van der Waals surface area contributed by atoms with E-state index in [1.807, 2.05) is 0 Å². The summed E-state index contributed by atoms with van der Waals surface area (Å²) >= 11 is 0. The van der Waals surface area contributed by atoms with Crippen molar-refractivity contribution >= 4 is 5.96 Å². The maximum atomic E-state index is 11.8. The molecule has 10 heteroatoms. The van der Waals surface area contributed by atoms with Gasteiger partial charge < -0.3 is 15.4 Å². The van der Waals surface area contributed by atoms with Gasteiger partial charge in [-0.25, -0.2) is 4.98 Å². The smallest absolute Gasteiger partial charge is 0.372 e. The molecule has 1 heterocycles. The minimum Gasteiger partial charge on any atom is -0.372 e. The normalized spacial score (nSPS) is 12.5. The highest BCUT2D eigenvalue weighted by Gasteiger charge is 2.27. The number of halogens is 3. The first kappa shape index (κ1) is 17.2. The zero-order valence-electron chi connectivity index (χ0n) is 11.9. The maximum absolute atomic E-state index is 11.8. The van der Waals surface area contributed by atoms with Crippen LogP contribution in [0.2, 0.25) is 0 Å². The Morgan fingerprint density at radius 2 is 2.19 bits per heavy atom. The topological polar surface area (TPSA) is 76.4 Å². The van der Waals surface area contributed by atoms with Crippen LogP contribution in [0.1, 0.15) is 12.2 Å². The van der Waals surface area contributed by atoms with Gasteiger partial charge in [0.05, 0.1) is 6.54 Å². The minimum atomic E-state index is -4.28. The van der Waals surface area contributed by atoms with E-state index in [1.165, 1.54) is 6.33 Å². The van der Waals surface area contributed by atoms with Crippen LogP contribution in [0.25, 0.3) is 0 Å². The second-order valence-corrected chi connectivity index (χ2v) is 4.17. The van der Waals surface area contributed by atoms with E-state index in [-0.39, 0.29) is 6.61 Å². The number of guanidine groups is 1. The summed E-state index contributed by atoms with van der Waals surface area (Å²) in [6.07, 6.45) is -2.38. The molecule has 1 aromatic heterocycles. The Bertz CT molecular complexity index is 445. The quantitative estimate of drug-likeness (QED) is 0.434. The lowest BCUT2D eigenvalue weighted by atomic mass is 10.4. The molecular formula is C11H19F3N6O. The van der Waals surface area contributed by atoms with Gasteiger partial charge in [-0.2, -0.15) is 18.3 Å². The molecule has 7 nitrogen and oxygen atoms in total. The average molecular weight is 308 g/mol. The van der Waals surface area contributed by atoms with Gasteiger partial charge in [0, 0.05) is 27.2 Å². The molecule has 0 aliphatic carbocycles. The molecule has 0 aromatic carbocycles. The summed E-state index contributed by atoms with van der Waals surface area (Å²) in [5, 5.41) is 9.92. The van der Waals surface area contributed by atoms with Crippen LogP contribution in [-0.4, -0.2) is 53.7 Å². The summed E-state index contributed by atoms with van der Waals surface area (Å²) < 4.78 is 41.6. The Labute approximate surface area is 120 Å². The molecule has 1 rings (SSSR count). The molecular weight excluding hydrogens is 289 g/mol. The standard InChI is InChI=1S/C11H19F3N6O/c1-15-10(17-6-9-18-8-19-20(9)2)16-4-3-5-21-7-11(12,13)14/h8H,3-7H2,1-2H3,(H2,15,16,17). The second kappa shape index (κ2) is 8.45. The zero-order chi connectivity index (χ0) is 15.7. The van der Waals surface area contributed by atoms with Crippen molar-refractivity contribution in [1.29, 1.82) is 0 Å². The van der Waals surface area contributed by atoms with E-state index in [4.69, 9.17) is 0 Å². The molecule has 120 valence electrons. The molecule has 21 heavy (non-hydrogen) atoms.